The molecule has 0 saturated heterocycles. The second-order valence-electron chi connectivity index (χ2n) is 5.10. The van der Waals surface area contributed by atoms with E-state index in [0.717, 1.165) is 11.3 Å². The largest absolute Gasteiger partial charge is 0.486 e. The number of carbonyl (C=O) groups is 1. The lowest BCUT2D eigenvalue weighted by atomic mass is 10.1. The van der Waals surface area contributed by atoms with Gasteiger partial charge in [-0.2, -0.15) is 0 Å². The molecule has 6 nitrogen and oxygen atoms in total. The SMILES string of the molecule is CC(NC(=O)c1coc(CN)c1)c1ccc2c(c1)OCCO2. The van der Waals surface area contributed by atoms with Crippen LogP contribution in [-0.4, -0.2) is 19.1 Å². The second kappa shape index (κ2) is 6.11. The van der Waals surface area contributed by atoms with Gasteiger partial charge < -0.3 is 24.9 Å². The van der Waals surface area contributed by atoms with Gasteiger partial charge in [-0.15, -0.1) is 0 Å². The first-order valence-electron chi connectivity index (χ1n) is 7.15. The summed E-state index contributed by atoms with van der Waals surface area (Å²) >= 11 is 0. The number of ether oxygens (including phenoxy) is 2. The van der Waals surface area contributed by atoms with Crippen LogP contribution in [0.15, 0.2) is 34.9 Å². The summed E-state index contributed by atoms with van der Waals surface area (Å²) in [6.07, 6.45) is 1.41. The van der Waals surface area contributed by atoms with Crippen molar-refractivity contribution in [1.82, 2.24) is 5.32 Å². The van der Waals surface area contributed by atoms with Gasteiger partial charge in [0, 0.05) is 0 Å². The maximum Gasteiger partial charge on any atom is 0.255 e. The zero-order valence-electron chi connectivity index (χ0n) is 12.3. The van der Waals surface area contributed by atoms with E-state index < -0.39 is 0 Å². The zero-order valence-corrected chi connectivity index (χ0v) is 12.3. The fourth-order valence-corrected chi connectivity index (χ4v) is 2.30. The minimum atomic E-state index is -0.203. The predicted molar refractivity (Wildman–Crippen MR) is 79.9 cm³/mol. The Kier molecular flexibility index (Phi) is 4.02. The van der Waals surface area contributed by atoms with Crippen molar-refractivity contribution in [1.29, 1.82) is 0 Å². The Morgan fingerprint density at radius 1 is 1.27 bits per heavy atom. The molecule has 1 amide bonds. The van der Waals surface area contributed by atoms with Crippen molar-refractivity contribution >= 4 is 5.91 Å². The van der Waals surface area contributed by atoms with E-state index in [0.29, 0.717) is 30.3 Å². The number of hydrogen-bond acceptors (Lipinski definition) is 5. The standard InChI is InChI=1S/C16H18N2O4/c1-10(18-16(19)12-6-13(8-17)22-9-12)11-2-3-14-15(7-11)21-5-4-20-14/h2-3,6-7,9-10H,4-5,8,17H2,1H3,(H,18,19). The van der Waals surface area contributed by atoms with Crippen LogP contribution in [0.1, 0.15) is 34.6 Å². The van der Waals surface area contributed by atoms with Crippen molar-refractivity contribution in [3.8, 4) is 11.5 Å². The quantitative estimate of drug-likeness (QED) is 0.902. The van der Waals surface area contributed by atoms with Crippen LogP contribution >= 0.6 is 0 Å². The van der Waals surface area contributed by atoms with E-state index in [2.05, 4.69) is 5.32 Å². The van der Waals surface area contributed by atoms with Crippen LogP contribution in [-0.2, 0) is 6.54 Å². The van der Waals surface area contributed by atoms with Gasteiger partial charge in [-0.1, -0.05) is 6.07 Å². The number of hydrogen-bond donors (Lipinski definition) is 2. The van der Waals surface area contributed by atoms with Gasteiger partial charge in [0.1, 0.15) is 25.2 Å². The average Bonchev–Trinajstić information content (AvgIpc) is 3.03. The molecule has 0 spiro atoms. The Balaban J connectivity index is 1.71. The van der Waals surface area contributed by atoms with E-state index in [9.17, 15) is 4.79 Å². The van der Waals surface area contributed by atoms with E-state index in [-0.39, 0.29) is 18.5 Å². The van der Waals surface area contributed by atoms with E-state index in [4.69, 9.17) is 19.6 Å². The number of rotatable bonds is 4. The maximum absolute atomic E-state index is 12.2. The molecule has 1 aromatic heterocycles. The molecule has 1 atom stereocenters. The summed E-state index contributed by atoms with van der Waals surface area (Å²) in [5, 5.41) is 2.92. The van der Waals surface area contributed by atoms with Gasteiger partial charge >= 0.3 is 0 Å². The molecule has 2 heterocycles. The number of nitrogens with two attached hydrogens (primary N) is 1. The minimum absolute atomic E-state index is 0.167. The van der Waals surface area contributed by atoms with Crippen molar-refractivity contribution in [2.45, 2.75) is 19.5 Å². The highest BCUT2D eigenvalue weighted by atomic mass is 16.6. The van der Waals surface area contributed by atoms with Crippen molar-refractivity contribution < 1.29 is 18.7 Å². The molecule has 0 saturated carbocycles. The number of amides is 1. The molecule has 1 aliphatic heterocycles. The van der Waals surface area contributed by atoms with E-state index in [1.54, 1.807) is 6.07 Å². The Bertz CT molecular complexity index is 681. The second-order valence-corrected chi connectivity index (χ2v) is 5.10. The Hall–Kier alpha value is -2.47. The minimum Gasteiger partial charge on any atom is -0.486 e. The number of nitrogens with one attached hydrogen (secondary N) is 1. The van der Waals surface area contributed by atoms with Crippen LogP contribution in [0.3, 0.4) is 0 Å². The van der Waals surface area contributed by atoms with Crippen molar-refractivity contribution in [3.05, 3.63) is 47.4 Å². The zero-order chi connectivity index (χ0) is 15.5. The van der Waals surface area contributed by atoms with E-state index >= 15 is 0 Å². The Morgan fingerprint density at radius 3 is 2.77 bits per heavy atom. The summed E-state index contributed by atoms with van der Waals surface area (Å²) in [7, 11) is 0. The van der Waals surface area contributed by atoms with Crippen LogP contribution < -0.4 is 20.5 Å². The summed E-state index contributed by atoms with van der Waals surface area (Å²) in [5.41, 5.74) is 6.88. The molecule has 0 bridgehead atoms. The molecular formula is C16H18N2O4. The van der Waals surface area contributed by atoms with Gasteiger partial charge in [0.25, 0.3) is 5.91 Å². The lowest BCUT2D eigenvalue weighted by Crippen LogP contribution is -2.26. The molecule has 1 aromatic carbocycles. The van der Waals surface area contributed by atoms with Crippen molar-refractivity contribution in [3.63, 3.8) is 0 Å². The third-order valence-corrected chi connectivity index (χ3v) is 3.53. The van der Waals surface area contributed by atoms with Gasteiger partial charge in [0.05, 0.1) is 18.2 Å². The molecule has 1 unspecified atom stereocenters. The Morgan fingerprint density at radius 2 is 2.05 bits per heavy atom. The summed E-state index contributed by atoms with van der Waals surface area (Å²) in [6, 6.07) is 7.14. The normalized spacial score (nSPS) is 14.5. The molecule has 6 heteroatoms. The number of benzene rings is 1. The molecule has 3 rings (SSSR count). The lowest BCUT2D eigenvalue weighted by molar-refractivity contribution is 0.0939. The fourth-order valence-electron chi connectivity index (χ4n) is 2.30. The number of furan rings is 1. The number of carbonyl (C=O) groups excluding carboxylic acids is 1. The van der Waals surface area contributed by atoms with Crippen LogP contribution in [0.25, 0.3) is 0 Å². The Labute approximate surface area is 128 Å². The first-order valence-corrected chi connectivity index (χ1v) is 7.15. The first-order chi connectivity index (χ1) is 10.7. The van der Waals surface area contributed by atoms with Crippen LogP contribution in [0.5, 0.6) is 11.5 Å². The molecule has 2 aromatic rings. The smallest absolute Gasteiger partial charge is 0.255 e. The average molecular weight is 302 g/mol. The molecule has 22 heavy (non-hydrogen) atoms. The van der Waals surface area contributed by atoms with Crippen LogP contribution in [0.4, 0.5) is 0 Å². The van der Waals surface area contributed by atoms with Gasteiger partial charge in [-0.3, -0.25) is 4.79 Å². The first kappa shape index (κ1) is 14.5. The molecule has 0 radical (unpaired) electrons. The molecule has 1 aliphatic rings. The van der Waals surface area contributed by atoms with Crippen LogP contribution in [0.2, 0.25) is 0 Å². The van der Waals surface area contributed by atoms with Gasteiger partial charge in [0.2, 0.25) is 0 Å². The summed E-state index contributed by atoms with van der Waals surface area (Å²) in [6.45, 7) is 3.27. The molecule has 0 aliphatic carbocycles. The topological polar surface area (TPSA) is 86.7 Å². The fraction of sp³-hybridized carbons (Fsp3) is 0.312. The van der Waals surface area contributed by atoms with Gasteiger partial charge in [-0.25, -0.2) is 0 Å². The predicted octanol–water partition coefficient (Wildman–Crippen LogP) is 2.00. The summed E-state index contributed by atoms with van der Waals surface area (Å²) in [4.78, 5) is 12.2. The van der Waals surface area contributed by atoms with Gasteiger partial charge in [0.15, 0.2) is 11.5 Å². The molecular weight excluding hydrogens is 284 g/mol. The van der Waals surface area contributed by atoms with Crippen molar-refractivity contribution in [2.75, 3.05) is 13.2 Å². The summed E-state index contributed by atoms with van der Waals surface area (Å²) in [5.74, 6) is 1.82. The highest BCUT2D eigenvalue weighted by Gasteiger charge is 2.17. The monoisotopic (exact) mass is 302 g/mol. The lowest BCUT2D eigenvalue weighted by Gasteiger charge is -2.21. The maximum atomic E-state index is 12.2. The van der Waals surface area contributed by atoms with Crippen molar-refractivity contribution in [2.24, 2.45) is 5.73 Å². The molecule has 0 fully saturated rings. The highest BCUT2D eigenvalue weighted by Crippen LogP contribution is 2.32. The summed E-state index contributed by atoms with van der Waals surface area (Å²) < 4.78 is 16.2. The third-order valence-electron chi connectivity index (χ3n) is 3.53. The molecule has 116 valence electrons. The third kappa shape index (κ3) is 2.92. The van der Waals surface area contributed by atoms with E-state index in [1.807, 2.05) is 25.1 Å². The van der Waals surface area contributed by atoms with Gasteiger partial charge in [-0.05, 0) is 30.7 Å². The van der Waals surface area contributed by atoms with E-state index in [1.165, 1.54) is 6.26 Å². The highest BCUT2D eigenvalue weighted by molar-refractivity contribution is 5.94. The van der Waals surface area contributed by atoms with Crippen LogP contribution in [0, 0.1) is 0 Å². The molecule has 3 N–H and O–H groups in total. The number of fused-ring (bicyclic) bond motifs is 1.